The first-order chi connectivity index (χ1) is 34.3. The van der Waals surface area contributed by atoms with Gasteiger partial charge in [-0.1, -0.05) is 224 Å². The Morgan fingerprint density at radius 1 is 0.290 bits per heavy atom. The van der Waals surface area contributed by atoms with Crippen LogP contribution in [0.4, 0.5) is 17.1 Å². The van der Waals surface area contributed by atoms with Crippen LogP contribution in [-0.4, -0.2) is 0 Å². The largest absolute Gasteiger partial charge is 0.310 e. The number of anilines is 3. The zero-order valence-electron chi connectivity index (χ0n) is 37.7. The van der Waals surface area contributed by atoms with Crippen LogP contribution in [0.3, 0.4) is 0 Å². The Balaban J connectivity index is 1.06. The molecule has 1 heterocycles. The van der Waals surface area contributed by atoms with Crippen LogP contribution in [0.15, 0.2) is 261 Å². The predicted molar refractivity (Wildman–Crippen MR) is 292 cm³/mol. The minimum atomic E-state index is -0.432. The van der Waals surface area contributed by atoms with E-state index in [1.807, 2.05) is 11.3 Å². The Bertz CT molecular complexity index is 3930. The summed E-state index contributed by atoms with van der Waals surface area (Å²) in [6.45, 7) is 0. The summed E-state index contributed by atoms with van der Waals surface area (Å²) in [5.74, 6) is 0. The topological polar surface area (TPSA) is 3.24 Å². The summed E-state index contributed by atoms with van der Waals surface area (Å²) >= 11 is 1.88. The van der Waals surface area contributed by atoms with Gasteiger partial charge < -0.3 is 4.90 Å². The monoisotopic (exact) mass is 893 g/mol. The maximum absolute atomic E-state index is 2.53. The third kappa shape index (κ3) is 5.96. The van der Waals surface area contributed by atoms with Gasteiger partial charge >= 0.3 is 0 Å². The molecule has 0 radical (unpaired) electrons. The van der Waals surface area contributed by atoms with Gasteiger partial charge in [-0.25, -0.2) is 0 Å². The fourth-order valence-corrected chi connectivity index (χ4v) is 13.1. The fourth-order valence-electron chi connectivity index (χ4n) is 11.9. The first-order valence-corrected chi connectivity index (χ1v) is 24.7. The summed E-state index contributed by atoms with van der Waals surface area (Å²) in [6, 6.07) is 96.9. The van der Waals surface area contributed by atoms with Crippen molar-refractivity contribution in [3.63, 3.8) is 0 Å². The Morgan fingerprint density at radius 2 is 0.768 bits per heavy atom. The summed E-state index contributed by atoms with van der Waals surface area (Å²) in [5, 5.41) is 2.60. The highest BCUT2D eigenvalue weighted by Crippen LogP contribution is 2.63. The molecule has 0 N–H and O–H groups in total. The molecule has 12 aromatic rings. The van der Waals surface area contributed by atoms with Crippen molar-refractivity contribution >= 4 is 48.6 Å². The molecule has 0 atom stereocenters. The van der Waals surface area contributed by atoms with Gasteiger partial charge in [-0.15, -0.1) is 11.3 Å². The highest BCUT2D eigenvalue weighted by atomic mass is 32.1. The summed E-state index contributed by atoms with van der Waals surface area (Å²) in [6.07, 6.45) is 0. The van der Waals surface area contributed by atoms with E-state index in [0.717, 1.165) is 17.1 Å². The van der Waals surface area contributed by atoms with Crippen molar-refractivity contribution in [1.82, 2.24) is 0 Å². The van der Waals surface area contributed by atoms with Crippen LogP contribution in [-0.2, 0) is 5.41 Å². The number of nitrogens with zero attached hydrogens (tertiary/aromatic N) is 1. The third-order valence-electron chi connectivity index (χ3n) is 14.7. The second-order valence-electron chi connectivity index (χ2n) is 18.3. The van der Waals surface area contributed by atoms with Crippen molar-refractivity contribution < 1.29 is 0 Å². The molecule has 0 unspecified atom stereocenters. The van der Waals surface area contributed by atoms with Crippen LogP contribution < -0.4 is 4.90 Å². The quantitative estimate of drug-likeness (QED) is 0.154. The SMILES string of the molecule is c1ccc(-c2ccccc2-c2c(-c3ccccc3)cccc2N(c2cccc(-c3cccc4c3sc3ccccc34)c2)c2ccc3c(c2)-c2ccccc2C32c3ccccc3-c3ccccc32)cc1. The van der Waals surface area contributed by atoms with Crippen molar-refractivity contribution in [3.05, 3.63) is 283 Å². The van der Waals surface area contributed by atoms with Gasteiger partial charge in [-0.2, -0.15) is 0 Å². The zero-order chi connectivity index (χ0) is 45.5. The van der Waals surface area contributed by atoms with Gasteiger partial charge in [-0.3, -0.25) is 0 Å². The normalized spacial score (nSPS) is 12.8. The standard InChI is InChI=1S/C67H43NS/c1-3-20-44(21-4-1)49-26-7-8-31-56(49)65-50(45-22-5-2-6-23-45)32-19-38-63(65)68(47-25-17-24-46(42-47)51-33-18-34-57-55-30-12-16-39-64(55)69-66(51)57)48-40-41-62-58(43-48)54-29-11-15-37-61(54)67(62)59-35-13-9-27-52(59)53-28-10-14-36-60(53)67/h1-43H. The maximum Gasteiger partial charge on any atom is 0.0725 e. The van der Waals surface area contributed by atoms with Crippen molar-refractivity contribution in [2.75, 3.05) is 4.90 Å². The van der Waals surface area contributed by atoms with Gasteiger partial charge in [0, 0.05) is 37.1 Å². The molecular formula is C67H43NS. The van der Waals surface area contributed by atoms with E-state index in [1.54, 1.807) is 0 Å². The number of thiophene rings is 1. The van der Waals surface area contributed by atoms with Gasteiger partial charge in [0.25, 0.3) is 0 Å². The highest BCUT2D eigenvalue weighted by Gasteiger charge is 2.51. The molecule has 0 aliphatic heterocycles. The van der Waals surface area contributed by atoms with Gasteiger partial charge in [-0.05, 0) is 120 Å². The van der Waals surface area contributed by atoms with Crippen LogP contribution in [0.5, 0.6) is 0 Å². The van der Waals surface area contributed by atoms with E-state index in [4.69, 9.17) is 0 Å². The van der Waals surface area contributed by atoms with Crippen LogP contribution >= 0.6 is 11.3 Å². The summed E-state index contributed by atoms with van der Waals surface area (Å²) in [5.41, 5.74) is 22.9. The molecule has 2 aliphatic rings. The summed E-state index contributed by atoms with van der Waals surface area (Å²) in [4.78, 5) is 2.53. The predicted octanol–water partition coefficient (Wildman–Crippen LogP) is 18.5. The van der Waals surface area contributed by atoms with E-state index in [-0.39, 0.29) is 0 Å². The van der Waals surface area contributed by atoms with Crippen molar-refractivity contribution in [3.8, 4) is 66.8 Å². The Labute approximate surface area is 406 Å². The molecule has 69 heavy (non-hydrogen) atoms. The summed E-state index contributed by atoms with van der Waals surface area (Å²) < 4.78 is 2.61. The number of fused-ring (bicyclic) bond motifs is 13. The number of benzene rings is 11. The lowest BCUT2D eigenvalue weighted by Crippen LogP contribution is -2.25. The molecule has 14 rings (SSSR count). The molecule has 0 bridgehead atoms. The lowest BCUT2D eigenvalue weighted by atomic mass is 9.70. The zero-order valence-corrected chi connectivity index (χ0v) is 38.5. The van der Waals surface area contributed by atoms with Crippen molar-refractivity contribution in [2.45, 2.75) is 5.41 Å². The van der Waals surface area contributed by atoms with Crippen LogP contribution in [0.2, 0.25) is 0 Å². The number of hydrogen-bond acceptors (Lipinski definition) is 2. The molecule has 1 spiro atoms. The van der Waals surface area contributed by atoms with Crippen LogP contribution in [0.1, 0.15) is 22.3 Å². The first-order valence-electron chi connectivity index (χ1n) is 23.8. The number of rotatable bonds is 7. The highest BCUT2D eigenvalue weighted by molar-refractivity contribution is 7.26. The lowest BCUT2D eigenvalue weighted by molar-refractivity contribution is 0.794. The van der Waals surface area contributed by atoms with Gasteiger partial charge in [0.15, 0.2) is 0 Å². The van der Waals surface area contributed by atoms with E-state index in [0.29, 0.717) is 0 Å². The minimum absolute atomic E-state index is 0.432. The van der Waals surface area contributed by atoms with Crippen LogP contribution in [0, 0.1) is 0 Å². The molecule has 0 saturated carbocycles. The van der Waals surface area contributed by atoms with Gasteiger partial charge in [0.1, 0.15) is 0 Å². The van der Waals surface area contributed by atoms with E-state index >= 15 is 0 Å². The number of hydrogen-bond donors (Lipinski definition) is 0. The second kappa shape index (κ2) is 15.8. The van der Waals surface area contributed by atoms with Crippen LogP contribution in [0.25, 0.3) is 86.9 Å². The van der Waals surface area contributed by atoms with E-state index in [9.17, 15) is 0 Å². The van der Waals surface area contributed by atoms with Crippen molar-refractivity contribution in [1.29, 1.82) is 0 Å². The molecule has 1 nitrogen and oxygen atoms in total. The van der Waals surface area contributed by atoms with E-state index in [2.05, 4.69) is 266 Å². The van der Waals surface area contributed by atoms with Gasteiger partial charge in [0.2, 0.25) is 0 Å². The minimum Gasteiger partial charge on any atom is -0.310 e. The molecule has 0 saturated heterocycles. The average molecular weight is 894 g/mol. The third-order valence-corrected chi connectivity index (χ3v) is 15.9. The Morgan fingerprint density at radius 3 is 1.48 bits per heavy atom. The second-order valence-corrected chi connectivity index (χ2v) is 19.3. The Kier molecular flexibility index (Phi) is 9.05. The maximum atomic E-state index is 2.53. The average Bonchev–Trinajstić information content (AvgIpc) is 4.06. The molecule has 322 valence electrons. The summed E-state index contributed by atoms with van der Waals surface area (Å²) in [7, 11) is 0. The molecule has 2 heteroatoms. The Hall–Kier alpha value is -8.56. The van der Waals surface area contributed by atoms with Gasteiger partial charge in [0.05, 0.1) is 11.1 Å². The molecule has 11 aromatic carbocycles. The van der Waals surface area contributed by atoms with E-state index < -0.39 is 5.41 Å². The molecule has 0 fully saturated rings. The lowest BCUT2D eigenvalue weighted by Gasteiger charge is -2.32. The molecule has 1 aromatic heterocycles. The smallest absolute Gasteiger partial charge is 0.0725 e. The first kappa shape index (κ1) is 39.6. The molecule has 0 amide bonds. The molecule has 2 aliphatic carbocycles. The molecular weight excluding hydrogens is 851 g/mol. The van der Waals surface area contributed by atoms with Crippen molar-refractivity contribution in [2.24, 2.45) is 0 Å². The van der Waals surface area contributed by atoms with E-state index in [1.165, 1.54) is 109 Å². The fraction of sp³-hybridized carbons (Fsp3) is 0.0149.